The summed E-state index contributed by atoms with van der Waals surface area (Å²) in [5, 5.41) is 14.8. The van der Waals surface area contributed by atoms with Gasteiger partial charge in [-0.15, -0.1) is 11.3 Å². The highest BCUT2D eigenvalue weighted by atomic mass is 32.1. The van der Waals surface area contributed by atoms with Crippen molar-refractivity contribution >= 4 is 39.8 Å². The molecule has 7 nitrogen and oxygen atoms in total. The first-order valence-corrected chi connectivity index (χ1v) is 10.4. The summed E-state index contributed by atoms with van der Waals surface area (Å²) < 4.78 is 4.85. The highest BCUT2D eigenvalue weighted by Gasteiger charge is 2.26. The quantitative estimate of drug-likeness (QED) is 0.598. The number of aliphatic carboxylic acids is 1. The van der Waals surface area contributed by atoms with Crippen molar-refractivity contribution in [1.82, 2.24) is 0 Å². The van der Waals surface area contributed by atoms with Crippen molar-refractivity contribution in [3.05, 3.63) is 45.8 Å². The van der Waals surface area contributed by atoms with Gasteiger partial charge in [-0.2, -0.15) is 0 Å². The average molecular weight is 416 g/mol. The topological polar surface area (TPSA) is 105 Å². The minimum atomic E-state index is -1.14. The molecule has 1 aromatic heterocycles. The zero-order valence-electron chi connectivity index (χ0n) is 16.2. The molecule has 0 spiro atoms. The number of hydrogen-bond acceptors (Lipinski definition) is 5. The third-order valence-corrected chi connectivity index (χ3v) is 5.84. The molecule has 3 N–H and O–H groups in total. The number of nitrogens with one attached hydrogen (secondary N) is 2. The van der Waals surface area contributed by atoms with E-state index in [1.807, 2.05) is 31.2 Å². The summed E-state index contributed by atoms with van der Waals surface area (Å²) in [5.74, 6) is -1.87. The Labute approximate surface area is 173 Å². The normalized spacial score (nSPS) is 13.3. The van der Waals surface area contributed by atoms with E-state index >= 15 is 0 Å². The van der Waals surface area contributed by atoms with E-state index in [0.29, 0.717) is 16.3 Å². The fourth-order valence-corrected chi connectivity index (χ4v) is 4.68. The van der Waals surface area contributed by atoms with Crippen molar-refractivity contribution in [1.29, 1.82) is 0 Å². The maximum absolute atomic E-state index is 13.1. The fourth-order valence-electron chi connectivity index (χ4n) is 3.38. The van der Waals surface area contributed by atoms with E-state index < -0.39 is 18.5 Å². The number of fused-ring (bicyclic) bond motifs is 1. The van der Waals surface area contributed by atoms with Crippen LogP contribution < -0.4 is 10.6 Å². The van der Waals surface area contributed by atoms with Crippen molar-refractivity contribution in [2.24, 2.45) is 0 Å². The van der Waals surface area contributed by atoms with Gasteiger partial charge in [0.25, 0.3) is 11.8 Å². The number of ether oxygens (including phenoxy) is 1. The SMILES string of the molecule is Cc1cccc(NC(=O)c2c(NC(=O)COCC(=O)O)sc3c2CCCCC3)c1. The van der Waals surface area contributed by atoms with Gasteiger partial charge in [-0.05, 0) is 55.9 Å². The summed E-state index contributed by atoms with van der Waals surface area (Å²) in [6.07, 6.45) is 4.86. The molecule has 154 valence electrons. The van der Waals surface area contributed by atoms with Crippen LogP contribution in [0.4, 0.5) is 10.7 Å². The number of thiophene rings is 1. The highest BCUT2D eigenvalue weighted by Crippen LogP contribution is 2.38. The molecule has 0 saturated carbocycles. The minimum absolute atomic E-state index is 0.253. The Morgan fingerprint density at radius 3 is 2.66 bits per heavy atom. The average Bonchev–Trinajstić information content (AvgIpc) is 2.82. The van der Waals surface area contributed by atoms with Crippen LogP contribution in [0.2, 0.25) is 0 Å². The lowest BCUT2D eigenvalue weighted by atomic mass is 10.0. The molecule has 0 atom stereocenters. The van der Waals surface area contributed by atoms with Gasteiger partial charge >= 0.3 is 5.97 Å². The molecule has 0 fully saturated rings. The number of carbonyl (C=O) groups excluding carboxylic acids is 2. The summed E-state index contributed by atoms with van der Waals surface area (Å²) in [4.78, 5) is 37.0. The Kier molecular flexibility index (Phi) is 7.00. The van der Waals surface area contributed by atoms with Gasteiger partial charge in [0.2, 0.25) is 0 Å². The number of carbonyl (C=O) groups is 3. The molecule has 8 heteroatoms. The Morgan fingerprint density at radius 2 is 1.90 bits per heavy atom. The second kappa shape index (κ2) is 9.67. The van der Waals surface area contributed by atoms with Crippen LogP contribution in [0.1, 0.15) is 45.6 Å². The summed E-state index contributed by atoms with van der Waals surface area (Å²) in [6.45, 7) is 1.03. The predicted octanol–water partition coefficient (Wildman–Crippen LogP) is 3.62. The molecule has 1 aromatic carbocycles. The van der Waals surface area contributed by atoms with E-state index in [1.54, 1.807) is 0 Å². The molecular formula is C21H24N2O5S. The Morgan fingerprint density at radius 1 is 1.10 bits per heavy atom. The van der Waals surface area contributed by atoms with Crippen molar-refractivity contribution in [3.8, 4) is 0 Å². The van der Waals surface area contributed by atoms with Gasteiger partial charge in [-0.3, -0.25) is 9.59 Å². The lowest BCUT2D eigenvalue weighted by molar-refractivity contribution is -0.143. The molecule has 1 aliphatic rings. The summed E-state index contributed by atoms with van der Waals surface area (Å²) >= 11 is 1.42. The number of hydrogen-bond donors (Lipinski definition) is 3. The number of amides is 2. The molecule has 1 heterocycles. The number of carboxylic acids is 1. The summed E-state index contributed by atoms with van der Waals surface area (Å²) in [7, 11) is 0. The van der Waals surface area contributed by atoms with Crippen LogP contribution in [0, 0.1) is 6.92 Å². The minimum Gasteiger partial charge on any atom is -0.480 e. The van der Waals surface area contributed by atoms with Crippen LogP contribution in [-0.4, -0.2) is 36.1 Å². The molecule has 0 bridgehead atoms. The molecule has 0 unspecified atom stereocenters. The Bertz CT molecular complexity index is 922. The number of carboxylic acid groups (broad SMARTS) is 1. The number of benzene rings is 1. The fraction of sp³-hybridized carbons (Fsp3) is 0.381. The second-order valence-corrected chi connectivity index (χ2v) is 8.13. The van der Waals surface area contributed by atoms with Crippen molar-refractivity contribution in [2.45, 2.75) is 39.0 Å². The van der Waals surface area contributed by atoms with Gasteiger partial charge in [0.1, 0.15) is 18.2 Å². The van der Waals surface area contributed by atoms with Crippen LogP contribution in [0.5, 0.6) is 0 Å². The van der Waals surface area contributed by atoms with Crippen LogP contribution in [0.3, 0.4) is 0 Å². The summed E-state index contributed by atoms with van der Waals surface area (Å²) in [6, 6.07) is 7.55. The monoisotopic (exact) mass is 416 g/mol. The molecule has 0 saturated heterocycles. The van der Waals surface area contributed by atoms with Gasteiger partial charge in [-0.1, -0.05) is 18.6 Å². The van der Waals surface area contributed by atoms with Crippen molar-refractivity contribution in [2.75, 3.05) is 23.8 Å². The molecule has 2 aromatic rings. The maximum atomic E-state index is 13.1. The van der Waals surface area contributed by atoms with Gasteiger partial charge in [-0.25, -0.2) is 4.79 Å². The third-order valence-electron chi connectivity index (χ3n) is 4.64. The van der Waals surface area contributed by atoms with Crippen LogP contribution in [0.25, 0.3) is 0 Å². The predicted molar refractivity (Wildman–Crippen MR) is 112 cm³/mol. The lowest BCUT2D eigenvalue weighted by Gasteiger charge is -2.10. The number of anilines is 2. The van der Waals surface area contributed by atoms with E-state index in [-0.39, 0.29) is 12.5 Å². The van der Waals surface area contributed by atoms with E-state index in [2.05, 4.69) is 10.6 Å². The Balaban J connectivity index is 1.83. The Hall–Kier alpha value is -2.71. The molecule has 3 rings (SSSR count). The van der Waals surface area contributed by atoms with Gasteiger partial charge in [0.15, 0.2) is 0 Å². The molecule has 1 aliphatic carbocycles. The van der Waals surface area contributed by atoms with Gasteiger partial charge in [0.05, 0.1) is 5.56 Å². The van der Waals surface area contributed by atoms with Gasteiger partial charge in [0, 0.05) is 10.6 Å². The first-order valence-electron chi connectivity index (χ1n) is 9.56. The van der Waals surface area contributed by atoms with Crippen LogP contribution in [-0.2, 0) is 27.2 Å². The van der Waals surface area contributed by atoms with E-state index in [0.717, 1.165) is 48.1 Å². The largest absolute Gasteiger partial charge is 0.480 e. The summed E-state index contributed by atoms with van der Waals surface area (Å²) in [5.41, 5.74) is 3.24. The first-order chi connectivity index (χ1) is 13.9. The van der Waals surface area contributed by atoms with Crippen molar-refractivity contribution in [3.63, 3.8) is 0 Å². The number of aryl methyl sites for hydroxylation is 2. The first kappa shape index (κ1) is 21.0. The van der Waals surface area contributed by atoms with Gasteiger partial charge < -0.3 is 20.5 Å². The molecule has 0 aliphatic heterocycles. The second-order valence-electron chi connectivity index (χ2n) is 7.03. The smallest absolute Gasteiger partial charge is 0.329 e. The van der Waals surface area contributed by atoms with Crippen molar-refractivity contribution < 1.29 is 24.2 Å². The standard InChI is InChI=1S/C21H24N2O5S/c1-13-6-5-7-14(10-13)22-20(27)19-15-8-3-2-4-9-16(15)29-21(19)23-17(24)11-28-12-18(25)26/h5-7,10H,2-4,8-9,11-12H2,1H3,(H,22,27)(H,23,24)(H,25,26). The lowest BCUT2D eigenvalue weighted by Crippen LogP contribution is -2.22. The molecule has 0 radical (unpaired) electrons. The highest BCUT2D eigenvalue weighted by molar-refractivity contribution is 7.17. The number of rotatable bonds is 7. The van der Waals surface area contributed by atoms with E-state index in [4.69, 9.17) is 9.84 Å². The van der Waals surface area contributed by atoms with E-state index in [1.165, 1.54) is 11.3 Å². The zero-order chi connectivity index (χ0) is 20.8. The third kappa shape index (κ3) is 5.65. The molecule has 29 heavy (non-hydrogen) atoms. The maximum Gasteiger partial charge on any atom is 0.329 e. The molecule has 2 amide bonds. The van der Waals surface area contributed by atoms with Crippen LogP contribution >= 0.6 is 11.3 Å². The zero-order valence-corrected chi connectivity index (χ0v) is 17.1. The van der Waals surface area contributed by atoms with Crippen LogP contribution in [0.15, 0.2) is 24.3 Å². The molecular weight excluding hydrogens is 392 g/mol. The van der Waals surface area contributed by atoms with E-state index in [9.17, 15) is 14.4 Å².